The SMILES string of the molecule is CC(=O)OC[C@@H]1C[C@H](OC(C)=O)C[C@H](c2cc(Cc3ccc(C4CC4)cc3)c(C#N)cc2O[C@H]2CCOC2)O1. The number of carbonyl (C=O) groups excluding carboxylic acids is 2. The Bertz CT molecular complexity index is 1220. The van der Waals surface area contributed by atoms with Crippen molar-refractivity contribution in [1.29, 1.82) is 5.26 Å². The topological polar surface area (TPSA) is 104 Å². The number of esters is 2. The highest BCUT2D eigenvalue weighted by Crippen LogP contribution is 2.41. The van der Waals surface area contributed by atoms with Gasteiger partial charge in [-0.1, -0.05) is 24.3 Å². The molecule has 0 aromatic heterocycles. The summed E-state index contributed by atoms with van der Waals surface area (Å²) in [7, 11) is 0. The van der Waals surface area contributed by atoms with Crippen LogP contribution in [0.5, 0.6) is 5.75 Å². The summed E-state index contributed by atoms with van der Waals surface area (Å²) >= 11 is 0. The van der Waals surface area contributed by atoms with Crippen molar-refractivity contribution in [1.82, 2.24) is 0 Å². The molecule has 0 N–H and O–H groups in total. The molecule has 1 aliphatic carbocycles. The predicted molar refractivity (Wildman–Crippen MR) is 141 cm³/mol. The predicted octanol–water partition coefficient (Wildman–Crippen LogP) is 4.91. The molecule has 3 aliphatic rings. The number of nitriles is 1. The van der Waals surface area contributed by atoms with Crippen LogP contribution in [0.25, 0.3) is 0 Å². The minimum atomic E-state index is -0.482. The van der Waals surface area contributed by atoms with E-state index in [0.29, 0.717) is 49.7 Å². The molecule has 0 radical (unpaired) electrons. The molecule has 2 saturated heterocycles. The minimum absolute atomic E-state index is 0.0622. The Hall–Kier alpha value is -3.41. The standard InChI is InChI=1S/C31H35NO7/c1-19(33)36-18-28-14-27(37-20(2)34)15-31(39-28)29-12-24(11-21-3-5-22(6-4-21)23-7-8-23)25(16-32)13-30(29)38-26-9-10-35-17-26/h3-6,12-13,23,26-28,31H,7-11,14-15,17-18H2,1-2H3/t26-,27-,28-,31+/m0/s1. The summed E-state index contributed by atoms with van der Waals surface area (Å²) in [6.45, 7) is 3.90. The molecule has 5 rings (SSSR count). The molecule has 4 atom stereocenters. The first-order valence-electron chi connectivity index (χ1n) is 13.7. The Balaban J connectivity index is 1.47. The van der Waals surface area contributed by atoms with Crippen molar-refractivity contribution in [2.75, 3.05) is 19.8 Å². The second-order valence-corrected chi connectivity index (χ2v) is 10.7. The van der Waals surface area contributed by atoms with E-state index in [1.807, 2.05) is 6.07 Å². The third-order valence-corrected chi connectivity index (χ3v) is 7.47. The lowest BCUT2D eigenvalue weighted by Crippen LogP contribution is -2.37. The van der Waals surface area contributed by atoms with E-state index in [1.54, 1.807) is 6.07 Å². The van der Waals surface area contributed by atoms with Crippen molar-refractivity contribution in [2.24, 2.45) is 0 Å². The lowest BCUT2D eigenvalue weighted by atomic mass is 9.91. The number of carbonyl (C=O) groups is 2. The van der Waals surface area contributed by atoms with Crippen LogP contribution in [-0.2, 0) is 35.0 Å². The molecule has 8 nitrogen and oxygen atoms in total. The molecule has 2 aliphatic heterocycles. The summed E-state index contributed by atoms with van der Waals surface area (Å²) in [6.07, 6.45) is 3.24. The second kappa shape index (κ2) is 12.2. The third kappa shape index (κ3) is 7.17. The van der Waals surface area contributed by atoms with E-state index in [9.17, 15) is 14.9 Å². The van der Waals surface area contributed by atoms with Crippen LogP contribution in [0.2, 0.25) is 0 Å². The summed E-state index contributed by atoms with van der Waals surface area (Å²) in [5, 5.41) is 10.0. The first-order valence-corrected chi connectivity index (χ1v) is 13.7. The monoisotopic (exact) mass is 533 g/mol. The molecule has 0 amide bonds. The molecule has 8 heteroatoms. The molecule has 3 fully saturated rings. The Morgan fingerprint density at radius 3 is 2.46 bits per heavy atom. The van der Waals surface area contributed by atoms with Crippen LogP contribution in [0, 0.1) is 11.3 Å². The number of hydrogen-bond donors (Lipinski definition) is 0. The van der Waals surface area contributed by atoms with Crippen LogP contribution >= 0.6 is 0 Å². The van der Waals surface area contributed by atoms with Crippen molar-refractivity contribution in [3.63, 3.8) is 0 Å². The average Bonchev–Trinajstić information content (AvgIpc) is 3.64. The van der Waals surface area contributed by atoms with Crippen LogP contribution in [0.4, 0.5) is 0 Å². The van der Waals surface area contributed by atoms with Crippen molar-refractivity contribution in [3.05, 3.63) is 64.2 Å². The molecule has 0 bridgehead atoms. The fourth-order valence-corrected chi connectivity index (χ4v) is 5.40. The first-order chi connectivity index (χ1) is 18.9. The van der Waals surface area contributed by atoms with Crippen molar-refractivity contribution < 1.29 is 33.3 Å². The molecule has 206 valence electrons. The maximum Gasteiger partial charge on any atom is 0.302 e. The zero-order chi connectivity index (χ0) is 27.4. The van der Waals surface area contributed by atoms with Gasteiger partial charge in [0.15, 0.2) is 0 Å². The fraction of sp³-hybridized carbons (Fsp3) is 0.516. The quantitative estimate of drug-likeness (QED) is 0.419. The van der Waals surface area contributed by atoms with E-state index in [2.05, 4.69) is 30.3 Å². The minimum Gasteiger partial charge on any atom is -0.487 e. The smallest absolute Gasteiger partial charge is 0.302 e. The number of benzene rings is 2. The van der Waals surface area contributed by atoms with Gasteiger partial charge < -0.3 is 23.7 Å². The second-order valence-electron chi connectivity index (χ2n) is 10.7. The molecular weight excluding hydrogens is 498 g/mol. The van der Waals surface area contributed by atoms with Crippen molar-refractivity contribution >= 4 is 11.9 Å². The molecule has 2 aromatic carbocycles. The third-order valence-electron chi connectivity index (χ3n) is 7.47. The lowest BCUT2D eigenvalue weighted by Gasteiger charge is -2.36. The summed E-state index contributed by atoms with van der Waals surface area (Å²) in [5.74, 6) is 0.476. The average molecular weight is 534 g/mol. The van der Waals surface area contributed by atoms with Crippen LogP contribution in [0.1, 0.15) is 85.8 Å². The molecule has 2 heterocycles. The van der Waals surface area contributed by atoms with Crippen LogP contribution in [0.3, 0.4) is 0 Å². The highest BCUT2D eigenvalue weighted by atomic mass is 16.6. The van der Waals surface area contributed by atoms with Gasteiger partial charge in [-0.3, -0.25) is 9.59 Å². The van der Waals surface area contributed by atoms with Crippen LogP contribution in [0.15, 0.2) is 36.4 Å². The van der Waals surface area contributed by atoms with Crippen molar-refractivity contribution in [3.8, 4) is 11.8 Å². The summed E-state index contributed by atoms with van der Waals surface area (Å²) in [6, 6.07) is 14.8. The normalized spacial score (nSPS) is 24.5. The Morgan fingerprint density at radius 2 is 1.82 bits per heavy atom. The molecule has 39 heavy (non-hydrogen) atoms. The van der Waals surface area contributed by atoms with Gasteiger partial charge in [-0.2, -0.15) is 5.26 Å². The summed E-state index contributed by atoms with van der Waals surface area (Å²) < 4.78 is 29.1. The van der Waals surface area contributed by atoms with E-state index in [1.165, 1.54) is 32.3 Å². The van der Waals surface area contributed by atoms with Gasteiger partial charge >= 0.3 is 11.9 Å². The number of hydrogen-bond acceptors (Lipinski definition) is 8. The van der Waals surface area contributed by atoms with E-state index < -0.39 is 24.3 Å². The number of nitrogens with zero attached hydrogens (tertiary/aromatic N) is 1. The van der Waals surface area contributed by atoms with Gasteiger partial charge in [0.2, 0.25) is 0 Å². The zero-order valence-electron chi connectivity index (χ0n) is 22.5. The first kappa shape index (κ1) is 27.2. The van der Waals surface area contributed by atoms with Gasteiger partial charge in [0, 0.05) is 38.7 Å². The van der Waals surface area contributed by atoms with E-state index in [-0.39, 0.29) is 18.7 Å². The number of ether oxygens (including phenoxy) is 5. The molecule has 1 saturated carbocycles. The van der Waals surface area contributed by atoms with Gasteiger partial charge in [0.05, 0.1) is 37.1 Å². The van der Waals surface area contributed by atoms with E-state index >= 15 is 0 Å². The summed E-state index contributed by atoms with van der Waals surface area (Å²) in [4.78, 5) is 23.3. The summed E-state index contributed by atoms with van der Waals surface area (Å²) in [5.41, 5.74) is 4.69. The van der Waals surface area contributed by atoms with Gasteiger partial charge in [0.25, 0.3) is 0 Å². The van der Waals surface area contributed by atoms with Crippen LogP contribution in [-0.4, -0.2) is 50.1 Å². The zero-order valence-corrected chi connectivity index (χ0v) is 22.5. The van der Waals surface area contributed by atoms with Crippen LogP contribution < -0.4 is 4.74 Å². The Morgan fingerprint density at radius 1 is 1.03 bits per heavy atom. The van der Waals surface area contributed by atoms with Gasteiger partial charge in [-0.05, 0) is 54.0 Å². The van der Waals surface area contributed by atoms with Crippen molar-refractivity contribution in [2.45, 2.75) is 82.7 Å². The fourth-order valence-electron chi connectivity index (χ4n) is 5.40. The maximum absolute atomic E-state index is 11.8. The Labute approximate surface area is 229 Å². The highest BCUT2D eigenvalue weighted by molar-refractivity contribution is 5.66. The number of rotatable bonds is 9. The van der Waals surface area contributed by atoms with E-state index in [0.717, 1.165) is 23.1 Å². The van der Waals surface area contributed by atoms with Gasteiger partial charge in [0.1, 0.15) is 24.6 Å². The van der Waals surface area contributed by atoms with E-state index in [4.69, 9.17) is 23.7 Å². The molecular formula is C31H35NO7. The maximum atomic E-state index is 11.8. The molecule has 0 unspecified atom stereocenters. The highest BCUT2D eigenvalue weighted by Gasteiger charge is 2.35. The Kier molecular flexibility index (Phi) is 8.49. The molecule has 0 spiro atoms. The molecule has 2 aromatic rings. The van der Waals surface area contributed by atoms with Gasteiger partial charge in [-0.15, -0.1) is 0 Å². The lowest BCUT2D eigenvalue weighted by molar-refractivity contribution is -0.169. The largest absolute Gasteiger partial charge is 0.487 e. The van der Waals surface area contributed by atoms with Gasteiger partial charge in [-0.25, -0.2) is 0 Å².